The maximum atomic E-state index is 13.5. The van der Waals surface area contributed by atoms with E-state index in [2.05, 4.69) is 15.3 Å². The fourth-order valence-corrected chi connectivity index (χ4v) is 4.21. The third-order valence-electron chi connectivity index (χ3n) is 6.20. The molecule has 43 heavy (non-hydrogen) atoms. The number of ether oxygens (including phenoxy) is 3. The summed E-state index contributed by atoms with van der Waals surface area (Å²) in [7, 11) is 0. The van der Waals surface area contributed by atoms with Crippen LogP contribution in [0, 0.1) is 0 Å². The van der Waals surface area contributed by atoms with Crippen molar-refractivity contribution in [2.24, 2.45) is 4.99 Å². The summed E-state index contributed by atoms with van der Waals surface area (Å²) in [6.45, 7) is 6.17. The average molecular weight is 597 g/mol. The molecule has 4 aromatic rings. The van der Waals surface area contributed by atoms with Gasteiger partial charge in [-0.15, -0.1) is 0 Å². The Labute approximate surface area is 246 Å². The number of hydrogen-bond acceptors (Lipinski definition) is 7. The highest BCUT2D eigenvalue weighted by Gasteiger charge is 2.30. The first-order chi connectivity index (χ1) is 20.6. The van der Waals surface area contributed by atoms with Crippen LogP contribution >= 0.6 is 0 Å². The molecule has 0 saturated carbocycles. The standard InChI is InChI=1S/C31H31F3N4O5/c1-4-5-14-41-29(37-19-39)18-36-30(40)27-16-21-15-25(43-28-13-6-22(17-35-28)31(32,33)34)11-12-26(21)38(27)23-7-9-24(10-8-23)42-20(2)3/h6-13,15-17,20,29H,4-5,14,18H2,1-3H3,(H,36,40). The van der Waals surface area contributed by atoms with Crippen molar-refractivity contribution in [2.75, 3.05) is 13.2 Å². The fraction of sp³-hybridized carbons (Fsp3) is 0.323. The molecule has 226 valence electrons. The lowest BCUT2D eigenvalue weighted by atomic mass is 10.2. The van der Waals surface area contributed by atoms with Crippen LogP contribution in [0.3, 0.4) is 0 Å². The Morgan fingerprint density at radius 3 is 2.44 bits per heavy atom. The Bertz CT molecular complexity index is 1580. The van der Waals surface area contributed by atoms with Crippen LogP contribution in [-0.4, -0.2) is 47.0 Å². The number of carbonyl (C=O) groups excluding carboxylic acids is 2. The lowest BCUT2D eigenvalue weighted by Crippen LogP contribution is -2.34. The maximum absolute atomic E-state index is 13.5. The molecule has 0 spiro atoms. The fourth-order valence-electron chi connectivity index (χ4n) is 4.21. The number of nitrogens with one attached hydrogen (secondary N) is 1. The number of unbranched alkanes of at least 4 members (excludes halogenated alkanes) is 1. The van der Waals surface area contributed by atoms with Crippen molar-refractivity contribution in [2.45, 2.75) is 52.1 Å². The van der Waals surface area contributed by atoms with Crippen LogP contribution in [-0.2, 0) is 15.7 Å². The van der Waals surface area contributed by atoms with Gasteiger partial charge in [0.05, 0.1) is 23.7 Å². The first kappa shape index (κ1) is 31.3. The second-order valence-corrected chi connectivity index (χ2v) is 9.84. The van der Waals surface area contributed by atoms with E-state index in [9.17, 15) is 22.8 Å². The molecule has 0 bridgehead atoms. The number of aliphatic imine (C=N–C) groups is 1. The number of rotatable bonds is 13. The minimum absolute atomic E-state index is 0.0151. The molecule has 0 aliphatic heterocycles. The molecule has 1 atom stereocenters. The zero-order valence-corrected chi connectivity index (χ0v) is 23.9. The smallest absolute Gasteiger partial charge is 0.417 e. The Morgan fingerprint density at radius 1 is 1.07 bits per heavy atom. The number of halogens is 3. The van der Waals surface area contributed by atoms with Crippen molar-refractivity contribution < 1.29 is 37.0 Å². The van der Waals surface area contributed by atoms with Gasteiger partial charge < -0.3 is 24.1 Å². The summed E-state index contributed by atoms with van der Waals surface area (Å²) in [5, 5.41) is 3.40. The molecule has 0 saturated heterocycles. The SMILES string of the molecule is CCCCOC(CNC(=O)c1cc2cc(Oc3ccc(C(F)(F)F)cn3)ccc2n1-c1ccc(OC(C)C)cc1)N=C=O. The molecule has 12 heteroatoms. The van der Waals surface area contributed by atoms with Gasteiger partial charge in [-0.2, -0.15) is 18.2 Å². The first-order valence-electron chi connectivity index (χ1n) is 13.7. The molecular weight excluding hydrogens is 565 g/mol. The number of alkyl halides is 3. The van der Waals surface area contributed by atoms with Gasteiger partial charge in [-0.3, -0.25) is 4.79 Å². The molecule has 0 aliphatic rings. The summed E-state index contributed by atoms with van der Waals surface area (Å²) in [6.07, 6.45) is -1.56. The molecule has 1 amide bonds. The second kappa shape index (κ2) is 14.0. The largest absolute Gasteiger partial charge is 0.491 e. The van der Waals surface area contributed by atoms with Crippen molar-refractivity contribution in [3.8, 4) is 23.1 Å². The van der Waals surface area contributed by atoms with Crippen LogP contribution in [0.5, 0.6) is 17.4 Å². The van der Waals surface area contributed by atoms with E-state index in [1.54, 1.807) is 41.0 Å². The second-order valence-electron chi connectivity index (χ2n) is 9.84. The zero-order valence-electron chi connectivity index (χ0n) is 23.9. The lowest BCUT2D eigenvalue weighted by Gasteiger charge is -2.15. The molecule has 0 fully saturated rings. The third kappa shape index (κ3) is 8.21. The van der Waals surface area contributed by atoms with Crippen molar-refractivity contribution in [1.82, 2.24) is 14.9 Å². The predicted octanol–water partition coefficient (Wildman–Crippen LogP) is 6.83. The van der Waals surface area contributed by atoms with Gasteiger partial charge >= 0.3 is 6.18 Å². The lowest BCUT2D eigenvalue weighted by molar-refractivity contribution is -0.137. The molecule has 2 heterocycles. The van der Waals surface area contributed by atoms with Crippen molar-refractivity contribution in [3.63, 3.8) is 0 Å². The molecule has 0 aliphatic carbocycles. The minimum atomic E-state index is -4.51. The Hall–Kier alpha value is -4.67. The Morgan fingerprint density at radius 2 is 1.81 bits per heavy atom. The van der Waals surface area contributed by atoms with E-state index < -0.39 is 23.9 Å². The molecule has 2 aromatic carbocycles. The number of pyridine rings is 1. The Balaban J connectivity index is 1.65. The molecule has 1 unspecified atom stereocenters. The van der Waals surface area contributed by atoms with Crippen molar-refractivity contribution >= 4 is 22.9 Å². The van der Waals surface area contributed by atoms with E-state index in [4.69, 9.17) is 14.2 Å². The van der Waals surface area contributed by atoms with Gasteiger partial charge in [-0.05, 0) is 74.9 Å². The molecule has 2 aromatic heterocycles. The predicted molar refractivity (Wildman–Crippen MR) is 153 cm³/mol. The van der Waals surface area contributed by atoms with E-state index in [0.29, 0.717) is 40.9 Å². The molecule has 0 radical (unpaired) electrons. The molecule has 9 nitrogen and oxygen atoms in total. The van der Waals surface area contributed by atoms with Gasteiger partial charge in [0.2, 0.25) is 12.0 Å². The van der Waals surface area contributed by atoms with Crippen LogP contribution in [0.1, 0.15) is 49.7 Å². The number of fused-ring (bicyclic) bond motifs is 1. The van der Waals surface area contributed by atoms with E-state index in [0.717, 1.165) is 25.0 Å². The van der Waals surface area contributed by atoms with Gasteiger partial charge in [-0.25, -0.2) is 9.78 Å². The third-order valence-corrected chi connectivity index (χ3v) is 6.20. The van der Waals surface area contributed by atoms with Gasteiger partial charge in [0, 0.05) is 29.9 Å². The van der Waals surface area contributed by atoms with Gasteiger partial charge in [-0.1, -0.05) is 13.3 Å². The number of hydrogen-bond donors (Lipinski definition) is 1. The van der Waals surface area contributed by atoms with Gasteiger partial charge in [0.1, 0.15) is 17.2 Å². The number of nitrogens with zero attached hydrogens (tertiary/aromatic N) is 3. The monoisotopic (exact) mass is 596 g/mol. The first-order valence-corrected chi connectivity index (χ1v) is 13.7. The van der Waals surface area contributed by atoms with Gasteiger partial charge in [0.15, 0.2) is 6.23 Å². The highest BCUT2D eigenvalue weighted by molar-refractivity contribution is 6.00. The van der Waals surface area contributed by atoms with Crippen LogP contribution in [0.15, 0.2) is 71.9 Å². The van der Waals surface area contributed by atoms with Crippen molar-refractivity contribution in [1.29, 1.82) is 0 Å². The van der Waals surface area contributed by atoms with E-state index in [-0.39, 0.29) is 24.2 Å². The van der Waals surface area contributed by atoms with Crippen molar-refractivity contribution in [3.05, 3.63) is 78.1 Å². The summed E-state index contributed by atoms with van der Waals surface area (Å²) in [5.41, 5.74) is 0.734. The summed E-state index contributed by atoms with van der Waals surface area (Å²) in [5.74, 6) is 0.514. The highest BCUT2D eigenvalue weighted by atomic mass is 19.4. The number of amides is 1. The van der Waals surface area contributed by atoms with Crippen LogP contribution in [0.25, 0.3) is 16.6 Å². The number of benzene rings is 2. The van der Waals surface area contributed by atoms with E-state index in [1.807, 2.05) is 32.9 Å². The zero-order chi connectivity index (χ0) is 31.0. The van der Waals surface area contributed by atoms with Crippen LogP contribution in [0.2, 0.25) is 0 Å². The average Bonchev–Trinajstić information content (AvgIpc) is 3.35. The summed E-state index contributed by atoms with van der Waals surface area (Å²) in [6, 6.07) is 15.9. The quantitative estimate of drug-likeness (QED) is 0.103. The normalized spacial score (nSPS) is 12.2. The molecular formula is C31H31F3N4O5. The van der Waals surface area contributed by atoms with E-state index in [1.165, 1.54) is 6.08 Å². The number of carbonyl (C=O) groups is 1. The number of aromatic nitrogens is 2. The summed E-state index contributed by atoms with van der Waals surface area (Å²) >= 11 is 0. The summed E-state index contributed by atoms with van der Waals surface area (Å²) in [4.78, 5) is 31.7. The number of isocyanates is 1. The molecule has 4 rings (SSSR count). The minimum Gasteiger partial charge on any atom is -0.491 e. The van der Waals surface area contributed by atoms with Crippen LogP contribution in [0.4, 0.5) is 13.2 Å². The Kier molecular flexibility index (Phi) is 10.2. The van der Waals surface area contributed by atoms with Gasteiger partial charge in [0.25, 0.3) is 5.91 Å². The maximum Gasteiger partial charge on any atom is 0.417 e. The topological polar surface area (TPSA) is 104 Å². The van der Waals surface area contributed by atoms with E-state index >= 15 is 0 Å². The van der Waals surface area contributed by atoms with Crippen LogP contribution < -0.4 is 14.8 Å². The summed E-state index contributed by atoms with van der Waals surface area (Å²) < 4.78 is 57.5. The molecule has 1 N–H and O–H groups in total. The highest BCUT2D eigenvalue weighted by Crippen LogP contribution is 2.32.